The largest absolute Gasteiger partial charge is 0.367 e. The van der Waals surface area contributed by atoms with Crippen LogP contribution in [-0.2, 0) is 9.53 Å². The topological polar surface area (TPSA) is 58.6 Å². The summed E-state index contributed by atoms with van der Waals surface area (Å²) in [4.78, 5) is 26.7. The van der Waals surface area contributed by atoms with Crippen molar-refractivity contribution in [2.75, 3.05) is 19.6 Å². The lowest BCUT2D eigenvalue weighted by Crippen LogP contribution is -2.49. The smallest absolute Gasteiger partial charge is 0.251 e. The minimum Gasteiger partial charge on any atom is -0.367 e. The van der Waals surface area contributed by atoms with Gasteiger partial charge in [0.2, 0.25) is 5.91 Å². The van der Waals surface area contributed by atoms with Crippen LogP contribution in [0.25, 0.3) is 0 Å². The molecule has 2 amide bonds. The molecule has 1 saturated heterocycles. The Hall–Kier alpha value is -2.66. The van der Waals surface area contributed by atoms with Crippen molar-refractivity contribution >= 4 is 11.8 Å². The average molecular weight is 366 g/mol. The Morgan fingerprint density at radius 3 is 2.52 bits per heavy atom. The van der Waals surface area contributed by atoms with Gasteiger partial charge in [0.25, 0.3) is 5.91 Å². The highest BCUT2D eigenvalue weighted by Crippen LogP contribution is 2.25. The highest BCUT2D eigenvalue weighted by molar-refractivity contribution is 5.96. The van der Waals surface area contributed by atoms with Crippen LogP contribution >= 0.6 is 0 Å². The second-order valence-electron chi connectivity index (χ2n) is 7.13. The maximum absolute atomic E-state index is 12.6. The molecule has 0 spiro atoms. The second-order valence-corrected chi connectivity index (χ2v) is 7.13. The highest BCUT2D eigenvalue weighted by Gasteiger charge is 2.29. The van der Waals surface area contributed by atoms with E-state index in [1.54, 1.807) is 11.0 Å². The van der Waals surface area contributed by atoms with Gasteiger partial charge in [0, 0.05) is 12.1 Å². The molecule has 2 unspecified atom stereocenters. The molecule has 0 bridgehead atoms. The first-order valence-electron chi connectivity index (χ1n) is 9.27. The maximum atomic E-state index is 12.6. The number of hydrogen-bond donors (Lipinski definition) is 1. The van der Waals surface area contributed by atoms with E-state index in [0.29, 0.717) is 18.7 Å². The van der Waals surface area contributed by atoms with E-state index in [1.807, 2.05) is 63.2 Å². The van der Waals surface area contributed by atoms with E-state index < -0.39 is 0 Å². The second kappa shape index (κ2) is 8.35. The van der Waals surface area contributed by atoms with Crippen LogP contribution in [0.15, 0.2) is 48.5 Å². The molecule has 142 valence electrons. The van der Waals surface area contributed by atoms with Crippen LogP contribution in [0.1, 0.15) is 40.1 Å². The molecule has 5 nitrogen and oxygen atoms in total. The predicted molar refractivity (Wildman–Crippen MR) is 105 cm³/mol. The number of rotatable bonds is 4. The molecule has 3 rings (SSSR count). The van der Waals surface area contributed by atoms with Crippen LogP contribution < -0.4 is 5.32 Å². The van der Waals surface area contributed by atoms with Crippen LogP contribution in [-0.4, -0.2) is 42.5 Å². The number of aryl methyl sites for hydroxylation is 2. The first-order valence-corrected chi connectivity index (χ1v) is 9.27. The van der Waals surface area contributed by atoms with E-state index in [0.717, 1.165) is 16.7 Å². The Labute approximate surface area is 160 Å². The normalized spacial score (nSPS) is 19.6. The molecule has 0 radical (unpaired) electrons. The van der Waals surface area contributed by atoms with Crippen molar-refractivity contribution in [1.29, 1.82) is 0 Å². The van der Waals surface area contributed by atoms with Gasteiger partial charge in [-0.3, -0.25) is 9.59 Å². The Bertz CT molecular complexity index is 820. The summed E-state index contributed by atoms with van der Waals surface area (Å²) >= 11 is 0. The van der Waals surface area contributed by atoms with Crippen molar-refractivity contribution < 1.29 is 14.3 Å². The van der Waals surface area contributed by atoms with E-state index in [2.05, 4.69) is 5.32 Å². The van der Waals surface area contributed by atoms with Gasteiger partial charge in [0.1, 0.15) is 6.10 Å². The SMILES string of the molecule is Cc1ccc(C(=O)NCC(=O)N2CC(C)OC(c3ccccc3)C2)cc1C. The molecule has 1 N–H and O–H groups in total. The summed E-state index contributed by atoms with van der Waals surface area (Å²) < 4.78 is 5.99. The summed E-state index contributed by atoms with van der Waals surface area (Å²) in [5, 5.41) is 2.74. The molecule has 1 fully saturated rings. The molecule has 0 aromatic heterocycles. The number of carbonyl (C=O) groups is 2. The number of amides is 2. The molecular weight excluding hydrogens is 340 g/mol. The number of nitrogens with zero attached hydrogens (tertiary/aromatic N) is 1. The zero-order valence-electron chi connectivity index (χ0n) is 16.1. The van der Waals surface area contributed by atoms with Crippen LogP contribution in [0, 0.1) is 13.8 Å². The number of benzene rings is 2. The minimum atomic E-state index is -0.229. The number of nitrogens with one attached hydrogen (secondary N) is 1. The van der Waals surface area contributed by atoms with E-state index >= 15 is 0 Å². The van der Waals surface area contributed by atoms with Gasteiger partial charge in [-0.1, -0.05) is 36.4 Å². The van der Waals surface area contributed by atoms with Crippen molar-refractivity contribution in [3.8, 4) is 0 Å². The van der Waals surface area contributed by atoms with Gasteiger partial charge >= 0.3 is 0 Å². The third kappa shape index (κ3) is 4.74. The molecule has 1 heterocycles. The quantitative estimate of drug-likeness (QED) is 0.905. The lowest BCUT2D eigenvalue weighted by molar-refractivity contribution is -0.143. The zero-order chi connectivity index (χ0) is 19.4. The van der Waals surface area contributed by atoms with Crippen molar-refractivity contribution in [3.63, 3.8) is 0 Å². The number of carbonyl (C=O) groups excluding carboxylic acids is 2. The molecule has 2 atom stereocenters. The summed E-state index contributed by atoms with van der Waals surface area (Å²) in [5.41, 5.74) is 3.82. The van der Waals surface area contributed by atoms with Gasteiger partial charge in [0.15, 0.2) is 0 Å². The van der Waals surface area contributed by atoms with E-state index in [-0.39, 0.29) is 30.6 Å². The monoisotopic (exact) mass is 366 g/mol. The van der Waals surface area contributed by atoms with Crippen LogP contribution in [0.3, 0.4) is 0 Å². The third-order valence-electron chi connectivity index (χ3n) is 4.95. The zero-order valence-corrected chi connectivity index (χ0v) is 16.1. The Morgan fingerprint density at radius 2 is 1.81 bits per heavy atom. The van der Waals surface area contributed by atoms with Crippen LogP contribution in [0.5, 0.6) is 0 Å². The molecule has 0 saturated carbocycles. The van der Waals surface area contributed by atoms with Gasteiger partial charge in [-0.25, -0.2) is 0 Å². The molecule has 0 aliphatic carbocycles. The van der Waals surface area contributed by atoms with E-state index in [4.69, 9.17) is 4.74 Å². The van der Waals surface area contributed by atoms with Gasteiger partial charge in [-0.2, -0.15) is 0 Å². The molecule has 1 aliphatic heterocycles. The molecule has 5 heteroatoms. The Balaban J connectivity index is 1.59. The fourth-order valence-corrected chi connectivity index (χ4v) is 3.26. The fraction of sp³-hybridized carbons (Fsp3) is 0.364. The van der Waals surface area contributed by atoms with E-state index in [9.17, 15) is 9.59 Å². The first kappa shape index (κ1) is 19.1. The van der Waals surface area contributed by atoms with Gasteiger partial charge < -0.3 is 15.0 Å². The Morgan fingerprint density at radius 1 is 1.07 bits per heavy atom. The van der Waals surface area contributed by atoms with Crippen molar-refractivity contribution in [3.05, 3.63) is 70.8 Å². The number of morpholine rings is 1. The summed E-state index contributed by atoms with van der Waals surface area (Å²) in [6.07, 6.45) is -0.197. The summed E-state index contributed by atoms with van der Waals surface area (Å²) in [6, 6.07) is 15.4. The predicted octanol–water partition coefficient (Wildman–Crippen LogP) is 3.02. The van der Waals surface area contributed by atoms with Crippen molar-refractivity contribution in [1.82, 2.24) is 10.2 Å². The highest BCUT2D eigenvalue weighted by atomic mass is 16.5. The van der Waals surface area contributed by atoms with Crippen LogP contribution in [0.2, 0.25) is 0 Å². The van der Waals surface area contributed by atoms with Gasteiger partial charge in [0.05, 0.1) is 19.2 Å². The summed E-state index contributed by atoms with van der Waals surface area (Å²) in [6.45, 7) is 6.94. The third-order valence-corrected chi connectivity index (χ3v) is 4.95. The van der Waals surface area contributed by atoms with Gasteiger partial charge in [-0.15, -0.1) is 0 Å². The van der Waals surface area contributed by atoms with Crippen LogP contribution in [0.4, 0.5) is 0 Å². The first-order chi connectivity index (χ1) is 12.9. The lowest BCUT2D eigenvalue weighted by Gasteiger charge is -2.37. The fourth-order valence-electron chi connectivity index (χ4n) is 3.26. The molecular formula is C22H26N2O3. The number of hydrogen-bond acceptors (Lipinski definition) is 3. The molecule has 27 heavy (non-hydrogen) atoms. The molecule has 1 aliphatic rings. The van der Waals surface area contributed by atoms with Crippen molar-refractivity contribution in [2.24, 2.45) is 0 Å². The standard InChI is InChI=1S/C22H26N2O3/c1-15-9-10-19(11-16(15)2)22(26)23-12-21(25)24-13-17(3)27-20(14-24)18-7-5-4-6-8-18/h4-11,17,20H,12-14H2,1-3H3,(H,23,26). The molecule has 2 aromatic rings. The van der Waals surface area contributed by atoms with E-state index in [1.165, 1.54) is 0 Å². The lowest BCUT2D eigenvalue weighted by atomic mass is 10.1. The van der Waals surface area contributed by atoms with Gasteiger partial charge in [-0.05, 0) is 49.6 Å². The minimum absolute atomic E-state index is 0.0139. The molecule has 2 aromatic carbocycles. The number of ether oxygens (including phenoxy) is 1. The average Bonchev–Trinajstić information content (AvgIpc) is 2.68. The summed E-state index contributed by atoms with van der Waals surface area (Å²) in [5.74, 6) is -0.323. The maximum Gasteiger partial charge on any atom is 0.251 e. The summed E-state index contributed by atoms with van der Waals surface area (Å²) in [7, 11) is 0. The Kier molecular flexibility index (Phi) is 5.91. The van der Waals surface area contributed by atoms with Crippen molar-refractivity contribution in [2.45, 2.75) is 33.0 Å².